The summed E-state index contributed by atoms with van der Waals surface area (Å²) in [4.78, 5) is 28.8. The maximum atomic E-state index is 14.1. The lowest BCUT2D eigenvalue weighted by Gasteiger charge is -2.33. The van der Waals surface area contributed by atoms with Crippen molar-refractivity contribution in [1.29, 1.82) is 0 Å². The van der Waals surface area contributed by atoms with Gasteiger partial charge in [0.25, 0.3) is 0 Å². The molecule has 0 aliphatic carbocycles. The molecular weight excluding hydrogens is 550 g/mol. The molecule has 0 radical (unpaired) electrons. The monoisotopic (exact) mass is 585 g/mol. The molecule has 0 unspecified atom stereocenters. The molecule has 0 bridgehead atoms. The molecule has 4 aromatic rings. The van der Waals surface area contributed by atoms with Gasteiger partial charge in [0.05, 0.1) is 11.9 Å². The van der Waals surface area contributed by atoms with Crippen LogP contribution in [0.25, 0.3) is 0 Å². The zero-order valence-electron chi connectivity index (χ0n) is 23.9. The zero-order chi connectivity index (χ0) is 30.1. The zero-order valence-corrected chi connectivity index (χ0v) is 24.8. The number of likely N-dealkylation sites (N-methyl/N-ethyl adjacent to an activating group) is 1. The number of anilines is 1. The van der Waals surface area contributed by atoms with Crippen LogP contribution in [0.15, 0.2) is 109 Å². The molecule has 0 fully saturated rings. The number of nitrogens with one attached hydrogen (secondary N) is 1. The number of rotatable bonds is 12. The second-order valence-electron chi connectivity index (χ2n) is 9.95. The number of aryl methyl sites for hydroxylation is 1. The second-order valence-corrected chi connectivity index (χ2v) is 11.9. The minimum Gasteiger partial charge on any atom is -0.457 e. The minimum atomic E-state index is -3.87. The van der Waals surface area contributed by atoms with Crippen molar-refractivity contribution >= 4 is 27.5 Å². The van der Waals surface area contributed by atoms with E-state index in [0.717, 1.165) is 27.3 Å². The van der Waals surface area contributed by atoms with E-state index in [0.29, 0.717) is 17.2 Å². The average Bonchev–Trinajstić information content (AvgIpc) is 2.99. The number of amides is 2. The predicted molar refractivity (Wildman–Crippen MR) is 165 cm³/mol. The van der Waals surface area contributed by atoms with E-state index in [1.807, 2.05) is 91.9 Å². The van der Waals surface area contributed by atoms with Gasteiger partial charge in [0.1, 0.15) is 24.1 Å². The molecule has 1 atom stereocenters. The van der Waals surface area contributed by atoms with E-state index in [4.69, 9.17) is 4.74 Å². The van der Waals surface area contributed by atoms with Crippen LogP contribution in [0.3, 0.4) is 0 Å². The summed E-state index contributed by atoms with van der Waals surface area (Å²) in [5.74, 6) is 0.325. The standard InChI is InChI=1S/C33H35N3O5S/c1-25-12-10-11-15-27(25)23-35(31(33(38)34-2)22-26-13-6-4-7-14-26)32(37)24-36(42(3,39)40)28-18-20-30(21-19-28)41-29-16-8-5-9-17-29/h4-21,31H,22-24H2,1-3H3,(H,34,38)/t31-/m0/s1. The van der Waals surface area contributed by atoms with Crippen molar-refractivity contribution < 1.29 is 22.7 Å². The van der Waals surface area contributed by atoms with E-state index >= 15 is 0 Å². The molecule has 0 saturated heterocycles. The third-order valence-corrected chi connectivity index (χ3v) is 8.04. The molecule has 9 heteroatoms. The number of nitrogens with zero attached hydrogens (tertiary/aromatic N) is 2. The molecule has 218 valence electrons. The largest absolute Gasteiger partial charge is 0.457 e. The Morgan fingerprint density at radius 3 is 1.98 bits per heavy atom. The Kier molecular flexibility index (Phi) is 9.98. The van der Waals surface area contributed by atoms with E-state index in [9.17, 15) is 18.0 Å². The molecule has 0 heterocycles. The van der Waals surface area contributed by atoms with Crippen molar-refractivity contribution in [2.24, 2.45) is 0 Å². The Morgan fingerprint density at radius 2 is 1.38 bits per heavy atom. The normalized spacial score (nSPS) is 11.8. The van der Waals surface area contributed by atoms with Gasteiger partial charge < -0.3 is 15.0 Å². The van der Waals surface area contributed by atoms with Gasteiger partial charge in [0.15, 0.2) is 0 Å². The SMILES string of the molecule is CNC(=O)[C@H](Cc1ccccc1)N(Cc1ccccc1C)C(=O)CN(c1ccc(Oc2ccccc2)cc1)S(C)(=O)=O. The lowest BCUT2D eigenvalue weighted by atomic mass is 10.0. The topological polar surface area (TPSA) is 96.0 Å². The van der Waals surface area contributed by atoms with Crippen molar-refractivity contribution in [3.8, 4) is 11.5 Å². The smallest absolute Gasteiger partial charge is 0.244 e. The molecule has 2 amide bonds. The summed E-state index contributed by atoms with van der Waals surface area (Å²) in [7, 11) is -2.34. The van der Waals surface area contributed by atoms with Crippen LogP contribution < -0.4 is 14.4 Å². The van der Waals surface area contributed by atoms with Crippen LogP contribution in [-0.2, 0) is 32.6 Å². The Bertz CT molecular complexity index is 1590. The summed E-state index contributed by atoms with van der Waals surface area (Å²) in [5.41, 5.74) is 3.00. The van der Waals surface area contributed by atoms with Crippen LogP contribution in [-0.4, -0.2) is 51.0 Å². The third-order valence-electron chi connectivity index (χ3n) is 6.90. The van der Waals surface area contributed by atoms with Crippen LogP contribution in [0.2, 0.25) is 0 Å². The molecule has 8 nitrogen and oxygen atoms in total. The van der Waals surface area contributed by atoms with Gasteiger partial charge in [-0.2, -0.15) is 0 Å². The molecule has 1 N–H and O–H groups in total. The molecule has 0 aliphatic heterocycles. The van der Waals surface area contributed by atoms with Crippen molar-refractivity contribution in [2.75, 3.05) is 24.2 Å². The van der Waals surface area contributed by atoms with Crippen molar-refractivity contribution in [2.45, 2.75) is 25.9 Å². The second kappa shape index (κ2) is 13.8. The van der Waals surface area contributed by atoms with E-state index in [1.165, 1.54) is 11.9 Å². The number of benzene rings is 4. The van der Waals surface area contributed by atoms with E-state index < -0.39 is 28.5 Å². The molecule has 0 spiro atoms. The number of sulfonamides is 1. The number of hydrogen-bond donors (Lipinski definition) is 1. The van der Waals surface area contributed by atoms with Gasteiger partial charge in [-0.15, -0.1) is 0 Å². The summed E-state index contributed by atoms with van der Waals surface area (Å²) < 4.78 is 32.8. The van der Waals surface area contributed by atoms with Gasteiger partial charge in [0.2, 0.25) is 21.8 Å². The Balaban J connectivity index is 1.66. The number of para-hydroxylation sites is 1. The van der Waals surface area contributed by atoms with Gasteiger partial charge in [-0.1, -0.05) is 72.8 Å². The summed E-state index contributed by atoms with van der Waals surface area (Å²) in [5, 5.41) is 2.68. The Morgan fingerprint density at radius 1 is 0.810 bits per heavy atom. The summed E-state index contributed by atoms with van der Waals surface area (Å²) >= 11 is 0. The van der Waals surface area contributed by atoms with Crippen LogP contribution in [0, 0.1) is 6.92 Å². The average molecular weight is 586 g/mol. The quantitative estimate of drug-likeness (QED) is 0.254. The maximum absolute atomic E-state index is 14.1. The highest BCUT2D eigenvalue weighted by molar-refractivity contribution is 7.92. The molecule has 4 aromatic carbocycles. The minimum absolute atomic E-state index is 0.137. The Hall–Kier alpha value is -4.63. The maximum Gasteiger partial charge on any atom is 0.244 e. The van der Waals surface area contributed by atoms with Gasteiger partial charge >= 0.3 is 0 Å². The number of hydrogen-bond acceptors (Lipinski definition) is 5. The summed E-state index contributed by atoms with van der Waals surface area (Å²) in [6.07, 6.45) is 1.32. The van der Waals surface area contributed by atoms with Crippen molar-refractivity contribution in [1.82, 2.24) is 10.2 Å². The van der Waals surface area contributed by atoms with E-state index in [2.05, 4.69) is 5.32 Å². The van der Waals surface area contributed by atoms with Gasteiger partial charge in [-0.3, -0.25) is 13.9 Å². The summed E-state index contributed by atoms with van der Waals surface area (Å²) in [6.45, 7) is 1.59. The fraction of sp³-hybridized carbons (Fsp3) is 0.212. The first-order valence-electron chi connectivity index (χ1n) is 13.6. The van der Waals surface area contributed by atoms with E-state index in [-0.39, 0.29) is 18.9 Å². The van der Waals surface area contributed by atoms with Gasteiger partial charge in [-0.25, -0.2) is 8.42 Å². The molecule has 0 saturated carbocycles. The first-order valence-corrected chi connectivity index (χ1v) is 15.4. The predicted octanol–water partition coefficient (Wildman–Crippen LogP) is 4.94. The number of ether oxygens (including phenoxy) is 1. The summed E-state index contributed by atoms with van der Waals surface area (Å²) in [6, 6.07) is 31.9. The molecule has 0 aromatic heterocycles. The lowest BCUT2D eigenvalue weighted by molar-refractivity contribution is -0.139. The highest BCUT2D eigenvalue weighted by Crippen LogP contribution is 2.26. The fourth-order valence-corrected chi connectivity index (χ4v) is 5.46. The molecular formula is C33H35N3O5S. The van der Waals surface area contributed by atoms with Gasteiger partial charge in [0, 0.05) is 20.0 Å². The van der Waals surface area contributed by atoms with Crippen LogP contribution >= 0.6 is 0 Å². The molecule has 4 rings (SSSR count). The highest BCUT2D eigenvalue weighted by atomic mass is 32.2. The Labute approximate surface area is 247 Å². The van der Waals surface area contributed by atoms with Crippen molar-refractivity contribution in [3.63, 3.8) is 0 Å². The van der Waals surface area contributed by atoms with Gasteiger partial charge in [-0.05, 0) is 60.0 Å². The molecule has 42 heavy (non-hydrogen) atoms. The van der Waals surface area contributed by atoms with Crippen LogP contribution in [0.1, 0.15) is 16.7 Å². The van der Waals surface area contributed by atoms with E-state index in [1.54, 1.807) is 24.3 Å². The lowest BCUT2D eigenvalue weighted by Crippen LogP contribution is -2.53. The highest BCUT2D eigenvalue weighted by Gasteiger charge is 2.32. The number of carbonyl (C=O) groups excluding carboxylic acids is 2. The number of carbonyl (C=O) groups is 2. The first kappa shape index (κ1) is 30.3. The van der Waals surface area contributed by atoms with Crippen LogP contribution in [0.4, 0.5) is 5.69 Å². The fourth-order valence-electron chi connectivity index (χ4n) is 4.61. The van der Waals surface area contributed by atoms with Crippen molar-refractivity contribution in [3.05, 3.63) is 126 Å². The molecule has 0 aliphatic rings. The third kappa shape index (κ3) is 7.98. The first-order chi connectivity index (χ1) is 20.2. The van der Waals surface area contributed by atoms with Crippen LogP contribution in [0.5, 0.6) is 11.5 Å².